The minimum absolute atomic E-state index is 0.0301. The minimum Gasteiger partial charge on any atom is -0.504 e. The third-order valence-corrected chi connectivity index (χ3v) is 3.48. The number of benzene rings is 1. The second-order valence-electron chi connectivity index (χ2n) is 5.83. The molecule has 3 heteroatoms. The monoisotopic (exact) mass is 278 g/mol. The van der Waals surface area contributed by atoms with Gasteiger partial charge in [0, 0.05) is 12.0 Å². The van der Waals surface area contributed by atoms with Gasteiger partial charge >= 0.3 is 0 Å². The molecule has 0 saturated heterocycles. The molecule has 2 N–H and O–H groups in total. The van der Waals surface area contributed by atoms with Crippen LogP contribution in [0.3, 0.4) is 0 Å². The SMILES string of the molecule is CC(C)CCCCCCCC(=O)c1ccc(O)c(O)c1. The Morgan fingerprint density at radius 2 is 1.65 bits per heavy atom. The fourth-order valence-corrected chi connectivity index (χ4v) is 2.21. The normalized spacial score (nSPS) is 10.9. The first-order valence-corrected chi connectivity index (χ1v) is 7.56. The van der Waals surface area contributed by atoms with Gasteiger partial charge in [-0.3, -0.25) is 4.79 Å². The molecule has 0 spiro atoms. The molecule has 3 nitrogen and oxygen atoms in total. The summed E-state index contributed by atoms with van der Waals surface area (Å²) in [4.78, 5) is 11.9. The van der Waals surface area contributed by atoms with Crippen molar-refractivity contribution in [2.75, 3.05) is 0 Å². The summed E-state index contributed by atoms with van der Waals surface area (Å²) in [6.45, 7) is 4.48. The summed E-state index contributed by atoms with van der Waals surface area (Å²) in [5, 5.41) is 18.6. The van der Waals surface area contributed by atoms with E-state index in [9.17, 15) is 15.0 Å². The molecule has 0 fully saturated rings. The Hall–Kier alpha value is -1.51. The molecule has 20 heavy (non-hydrogen) atoms. The lowest BCUT2D eigenvalue weighted by Gasteiger charge is -2.05. The zero-order valence-electron chi connectivity index (χ0n) is 12.6. The summed E-state index contributed by atoms with van der Waals surface area (Å²) < 4.78 is 0. The first kappa shape index (κ1) is 16.5. The lowest BCUT2D eigenvalue weighted by atomic mass is 10.0. The van der Waals surface area contributed by atoms with Crippen LogP contribution in [0.15, 0.2) is 18.2 Å². The van der Waals surface area contributed by atoms with Crippen LogP contribution < -0.4 is 0 Å². The highest BCUT2D eigenvalue weighted by Gasteiger charge is 2.08. The molecule has 0 aliphatic heterocycles. The van der Waals surface area contributed by atoms with Crippen LogP contribution in [0.5, 0.6) is 11.5 Å². The van der Waals surface area contributed by atoms with Crippen LogP contribution in [0.25, 0.3) is 0 Å². The molecule has 112 valence electrons. The second-order valence-corrected chi connectivity index (χ2v) is 5.83. The van der Waals surface area contributed by atoms with Crippen LogP contribution in [-0.4, -0.2) is 16.0 Å². The Balaban J connectivity index is 2.18. The number of rotatable bonds is 9. The Kier molecular flexibility index (Phi) is 7.13. The van der Waals surface area contributed by atoms with E-state index in [0.29, 0.717) is 12.0 Å². The third-order valence-electron chi connectivity index (χ3n) is 3.48. The third kappa shape index (κ3) is 6.09. The summed E-state index contributed by atoms with van der Waals surface area (Å²) in [7, 11) is 0. The van der Waals surface area contributed by atoms with Crippen molar-refractivity contribution in [2.24, 2.45) is 5.92 Å². The average molecular weight is 278 g/mol. The van der Waals surface area contributed by atoms with Crippen LogP contribution >= 0.6 is 0 Å². The van der Waals surface area contributed by atoms with Crippen LogP contribution in [-0.2, 0) is 0 Å². The fourth-order valence-electron chi connectivity index (χ4n) is 2.21. The molecule has 1 aromatic rings. The first-order valence-electron chi connectivity index (χ1n) is 7.56. The van der Waals surface area contributed by atoms with E-state index in [0.717, 1.165) is 18.8 Å². The van der Waals surface area contributed by atoms with Crippen molar-refractivity contribution in [1.29, 1.82) is 0 Å². The van der Waals surface area contributed by atoms with Gasteiger partial charge in [0.25, 0.3) is 0 Å². The number of ketones is 1. The summed E-state index contributed by atoms with van der Waals surface area (Å²) in [5.41, 5.74) is 0.472. The molecule has 0 unspecified atom stereocenters. The number of carbonyl (C=O) groups excluding carboxylic acids is 1. The van der Waals surface area contributed by atoms with Crippen LogP contribution in [0.4, 0.5) is 0 Å². The van der Waals surface area contributed by atoms with Crippen LogP contribution in [0, 0.1) is 5.92 Å². The number of hydrogen-bond acceptors (Lipinski definition) is 3. The number of hydrogen-bond donors (Lipinski definition) is 2. The topological polar surface area (TPSA) is 57.5 Å². The lowest BCUT2D eigenvalue weighted by Crippen LogP contribution is -1.98. The maximum Gasteiger partial charge on any atom is 0.163 e. The van der Waals surface area contributed by atoms with Gasteiger partial charge in [0.05, 0.1) is 0 Å². The molecular weight excluding hydrogens is 252 g/mol. The van der Waals surface area contributed by atoms with E-state index in [1.807, 2.05) is 0 Å². The highest BCUT2D eigenvalue weighted by Crippen LogP contribution is 2.25. The zero-order valence-corrected chi connectivity index (χ0v) is 12.6. The molecule has 0 atom stereocenters. The van der Waals surface area contributed by atoms with Crippen LogP contribution in [0.2, 0.25) is 0 Å². The highest BCUT2D eigenvalue weighted by molar-refractivity contribution is 5.96. The average Bonchev–Trinajstić information content (AvgIpc) is 2.40. The Labute approximate surface area is 121 Å². The van der Waals surface area contributed by atoms with Crippen molar-refractivity contribution < 1.29 is 15.0 Å². The first-order chi connectivity index (χ1) is 9.50. The molecule has 0 aliphatic carbocycles. The van der Waals surface area contributed by atoms with Gasteiger partial charge in [-0.15, -0.1) is 0 Å². The molecule has 0 radical (unpaired) electrons. The van der Waals surface area contributed by atoms with Crippen molar-refractivity contribution in [3.8, 4) is 11.5 Å². The van der Waals surface area contributed by atoms with Crippen molar-refractivity contribution in [1.82, 2.24) is 0 Å². The van der Waals surface area contributed by atoms with E-state index in [1.54, 1.807) is 6.07 Å². The highest BCUT2D eigenvalue weighted by atomic mass is 16.3. The van der Waals surface area contributed by atoms with Gasteiger partial charge in [0.1, 0.15) is 0 Å². The van der Waals surface area contributed by atoms with Gasteiger partial charge in [-0.1, -0.05) is 46.0 Å². The van der Waals surface area contributed by atoms with Gasteiger partial charge in [-0.25, -0.2) is 0 Å². The number of Topliss-reactive ketones (excluding diaryl/α,β-unsaturated/α-hetero) is 1. The lowest BCUT2D eigenvalue weighted by molar-refractivity contribution is 0.0978. The fraction of sp³-hybridized carbons (Fsp3) is 0.588. The Bertz CT molecular complexity index is 424. The van der Waals surface area contributed by atoms with Crippen molar-refractivity contribution in [3.63, 3.8) is 0 Å². The number of aromatic hydroxyl groups is 2. The van der Waals surface area contributed by atoms with E-state index in [4.69, 9.17) is 0 Å². The Morgan fingerprint density at radius 3 is 2.30 bits per heavy atom. The quantitative estimate of drug-likeness (QED) is 0.392. The minimum atomic E-state index is -0.232. The van der Waals surface area contributed by atoms with Gasteiger partial charge in [-0.05, 0) is 30.5 Å². The molecule has 0 bridgehead atoms. The van der Waals surface area contributed by atoms with Gasteiger partial charge < -0.3 is 10.2 Å². The Morgan fingerprint density at radius 1 is 1.00 bits per heavy atom. The second kappa shape index (κ2) is 8.62. The number of carbonyl (C=O) groups is 1. The molecule has 1 rings (SSSR count). The summed E-state index contributed by atoms with van der Waals surface area (Å²) in [5.74, 6) is 0.387. The van der Waals surface area contributed by atoms with Crippen LogP contribution in [0.1, 0.15) is 69.2 Å². The summed E-state index contributed by atoms with van der Waals surface area (Å²) in [6.07, 6.45) is 7.46. The predicted molar refractivity (Wildman–Crippen MR) is 81.3 cm³/mol. The van der Waals surface area contributed by atoms with Gasteiger partial charge in [0.2, 0.25) is 0 Å². The predicted octanol–water partition coefficient (Wildman–Crippen LogP) is 4.67. The van der Waals surface area contributed by atoms with Gasteiger partial charge in [0.15, 0.2) is 17.3 Å². The van der Waals surface area contributed by atoms with E-state index >= 15 is 0 Å². The molecule has 1 aromatic carbocycles. The molecule has 0 aliphatic rings. The zero-order chi connectivity index (χ0) is 15.0. The molecule has 0 saturated carbocycles. The summed E-state index contributed by atoms with van der Waals surface area (Å²) in [6, 6.07) is 4.24. The molecule has 0 heterocycles. The molecule has 0 amide bonds. The largest absolute Gasteiger partial charge is 0.504 e. The maximum atomic E-state index is 11.9. The van der Waals surface area contributed by atoms with E-state index in [2.05, 4.69) is 13.8 Å². The van der Waals surface area contributed by atoms with E-state index < -0.39 is 0 Å². The van der Waals surface area contributed by atoms with Crippen molar-refractivity contribution in [3.05, 3.63) is 23.8 Å². The molecule has 0 aromatic heterocycles. The van der Waals surface area contributed by atoms with E-state index in [1.165, 1.54) is 37.8 Å². The number of phenolic OH excluding ortho intramolecular Hbond substituents is 2. The smallest absolute Gasteiger partial charge is 0.163 e. The van der Waals surface area contributed by atoms with Crippen molar-refractivity contribution >= 4 is 5.78 Å². The van der Waals surface area contributed by atoms with E-state index in [-0.39, 0.29) is 17.3 Å². The summed E-state index contributed by atoms with van der Waals surface area (Å²) >= 11 is 0. The van der Waals surface area contributed by atoms with Gasteiger partial charge in [-0.2, -0.15) is 0 Å². The standard InChI is InChI=1S/C17H26O3/c1-13(2)8-6-4-3-5-7-9-15(18)14-10-11-16(19)17(20)12-14/h10-13,19-20H,3-9H2,1-2H3. The van der Waals surface area contributed by atoms with Crippen molar-refractivity contribution in [2.45, 2.75) is 58.8 Å². The molecular formula is C17H26O3. The number of phenols is 2. The number of unbranched alkanes of at least 4 members (excludes halogenated alkanes) is 4. The maximum absolute atomic E-state index is 11.9.